The van der Waals surface area contributed by atoms with Gasteiger partial charge >= 0.3 is 0 Å². The van der Waals surface area contributed by atoms with Crippen molar-refractivity contribution in [3.8, 4) is 11.3 Å². The maximum Gasteiger partial charge on any atom is 0.135 e. The summed E-state index contributed by atoms with van der Waals surface area (Å²) in [5.41, 5.74) is 16.7. The largest absolute Gasteiger partial charge is 0.397 e. The van der Waals surface area contributed by atoms with Crippen LogP contribution in [0.5, 0.6) is 0 Å². The van der Waals surface area contributed by atoms with Crippen molar-refractivity contribution in [1.29, 1.82) is 0 Å². The molecule has 6 N–H and O–H groups in total. The number of rotatable bonds is 7. The molecule has 0 spiro atoms. The summed E-state index contributed by atoms with van der Waals surface area (Å²) < 4.78 is 28.9. The van der Waals surface area contributed by atoms with E-state index in [0.717, 1.165) is 29.8 Å². The van der Waals surface area contributed by atoms with E-state index in [-0.39, 0.29) is 17.3 Å². The number of hydrogen-bond donors (Lipinski definition) is 4. The molecule has 0 amide bonds. The number of aromatic nitrogens is 1. The topological polar surface area (TPSA) is 100 Å². The molecule has 1 aliphatic carbocycles. The molecule has 1 aliphatic heterocycles. The second-order valence-electron chi connectivity index (χ2n) is 8.80. The first-order valence-electron chi connectivity index (χ1n) is 12.7. The normalized spacial score (nSPS) is 19.6. The number of likely N-dealkylation sites (tertiary alicyclic amines) is 1. The summed E-state index contributed by atoms with van der Waals surface area (Å²) in [7, 11) is 0. The lowest BCUT2D eigenvalue weighted by atomic mass is 10.0. The Bertz CT molecular complexity index is 1190. The highest BCUT2D eigenvalue weighted by molar-refractivity contribution is 5.79. The van der Waals surface area contributed by atoms with Crippen molar-refractivity contribution < 1.29 is 13.9 Å². The van der Waals surface area contributed by atoms with Gasteiger partial charge in [0.1, 0.15) is 17.3 Å². The number of nitrogen functional groups attached to an aromatic ring is 1. The molecule has 0 bridgehead atoms. The van der Waals surface area contributed by atoms with Crippen molar-refractivity contribution in [3.63, 3.8) is 0 Å². The monoisotopic (exact) mass is 509 g/mol. The van der Waals surface area contributed by atoms with Crippen LogP contribution < -0.4 is 16.8 Å². The number of anilines is 1. The maximum atomic E-state index is 14.5. The molecule has 1 aromatic heterocycles. The number of aliphatic hydroxyl groups is 1. The molecule has 1 saturated carbocycles. The molecule has 2 fully saturated rings. The van der Waals surface area contributed by atoms with Crippen molar-refractivity contribution in [2.45, 2.75) is 52.2 Å². The van der Waals surface area contributed by atoms with Gasteiger partial charge in [-0.25, -0.2) is 13.8 Å². The first-order valence-corrected chi connectivity index (χ1v) is 12.7. The smallest absolute Gasteiger partial charge is 0.135 e. The summed E-state index contributed by atoms with van der Waals surface area (Å²) in [5, 5.41) is 13.5. The first-order chi connectivity index (χ1) is 17.8. The summed E-state index contributed by atoms with van der Waals surface area (Å²) >= 11 is 0. The Kier molecular flexibility index (Phi) is 9.60. The van der Waals surface area contributed by atoms with Gasteiger partial charge in [-0.2, -0.15) is 0 Å². The van der Waals surface area contributed by atoms with Crippen LogP contribution in [0.15, 0.2) is 72.1 Å². The van der Waals surface area contributed by atoms with E-state index in [4.69, 9.17) is 11.5 Å². The molecule has 0 radical (unpaired) electrons. The molecule has 1 aromatic carbocycles. The van der Waals surface area contributed by atoms with Crippen molar-refractivity contribution in [1.82, 2.24) is 15.2 Å². The second kappa shape index (κ2) is 12.7. The SMILES string of the molecule is C=C/C(NC(=C1CC1)c1nc(-c2c(F)cccc2F)ccc1N)=C(\C=C/C)N1CC[C@@H](O)[C@@H](N)C1.CC. The summed E-state index contributed by atoms with van der Waals surface area (Å²) in [4.78, 5) is 6.70. The van der Waals surface area contributed by atoms with Gasteiger partial charge in [0.05, 0.1) is 40.1 Å². The maximum absolute atomic E-state index is 14.5. The molecule has 2 atom stereocenters. The highest BCUT2D eigenvalue weighted by atomic mass is 19.1. The third-order valence-corrected chi connectivity index (χ3v) is 6.26. The standard InChI is InChI=1S/C27H31F2N5O.C2H6/c1-3-6-23(34-14-13-24(35)20(31)15-34)21(4-2)32-26(16-9-10-16)27-19(30)11-12-22(33-27)25-17(28)7-5-8-18(25)29;1-2/h3-8,11-12,20,24,32,35H,2,9-10,13-15,30-31H2,1H3;1-2H3/b6-3-,23-21-;/t20-,24+;/m0./s1. The number of benzene rings is 1. The number of allylic oxidation sites excluding steroid dienone is 4. The predicted octanol–water partition coefficient (Wildman–Crippen LogP) is 5.10. The zero-order chi connectivity index (χ0) is 27.1. The molecular weight excluding hydrogens is 472 g/mol. The Morgan fingerprint density at radius 3 is 2.43 bits per heavy atom. The van der Waals surface area contributed by atoms with Crippen LogP contribution in [0.4, 0.5) is 14.5 Å². The molecule has 8 heteroatoms. The van der Waals surface area contributed by atoms with E-state index in [1.807, 2.05) is 32.9 Å². The van der Waals surface area contributed by atoms with Gasteiger partial charge in [0.25, 0.3) is 0 Å². The fraction of sp³-hybridized carbons (Fsp3) is 0.345. The van der Waals surface area contributed by atoms with E-state index in [0.29, 0.717) is 36.6 Å². The Labute approximate surface area is 218 Å². The average molecular weight is 510 g/mol. The van der Waals surface area contributed by atoms with Crippen LogP contribution in [0, 0.1) is 11.6 Å². The van der Waals surface area contributed by atoms with Gasteiger partial charge in [-0.1, -0.05) is 32.6 Å². The van der Waals surface area contributed by atoms with Crippen molar-refractivity contribution in [3.05, 3.63) is 89.4 Å². The van der Waals surface area contributed by atoms with Gasteiger partial charge in [0, 0.05) is 19.1 Å². The lowest BCUT2D eigenvalue weighted by Crippen LogP contribution is -2.51. The second-order valence-corrected chi connectivity index (χ2v) is 8.80. The number of nitrogens with one attached hydrogen (secondary N) is 1. The summed E-state index contributed by atoms with van der Waals surface area (Å²) in [6.07, 6.45) is 7.36. The predicted molar refractivity (Wildman–Crippen MR) is 147 cm³/mol. The molecule has 1 saturated heterocycles. The molecule has 2 heterocycles. The van der Waals surface area contributed by atoms with Crippen molar-refractivity contribution in [2.75, 3.05) is 18.8 Å². The Balaban J connectivity index is 0.00000186. The van der Waals surface area contributed by atoms with Gasteiger partial charge in [-0.15, -0.1) is 0 Å². The fourth-order valence-electron chi connectivity index (χ4n) is 4.25. The number of piperidine rings is 1. The zero-order valence-electron chi connectivity index (χ0n) is 21.8. The van der Waals surface area contributed by atoms with Crippen LogP contribution in [0.2, 0.25) is 0 Å². The van der Waals surface area contributed by atoms with E-state index >= 15 is 0 Å². The Morgan fingerprint density at radius 1 is 1.19 bits per heavy atom. The van der Waals surface area contributed by atoms with Crippen molar-refractivity contribution >= 4 is 11.4 Å². The Morgan fingerprint density at radius 2 is 1.86 bits per heavy atom. The van der Waals surface area contributed by atoms with Gasteiger partial charge in [0.2, 0.25) is 0 Å². The van der Waals surface area contributed by atoms with Crippen LogP contribution in [0.25, 0.3) is 17.0 Å². The fourth-order valence-corrected chi connectivity index (χ4v) is 4.25. The van der Waals surface area contributed by atoms with Gasteiger partial charge in [-0.3, -0.25) is 0 Å². The summed E-state index contributed by atoms with van der Waals surface area (Å²) in [6.45, 7) is 11.1. The van der Waals surface area contributed by atoms with Crippen LogP contribution in [0.1, 0.15) is 45.7 Å². The lowest BCUT2D eigenvalue weighted by Gasteiger charge is -2.37. The third-order valence-electron chi connectivity index (χ3n) is 6.26. The van der Waals surface area contributed by atoms with Crippen molar-refractivity contribution in [2.24, 2.45) is 5.73 Å². The van der Waals surface area contributed by atoms with Crippen LogP contribution in [0.3, 0.4) is 0 Å². The van der Waals surface area contributed by atoms with E-state index < -0.39 is 17.7 Å². The number of nitrogens with zero attached hydrogens (tertiary/aromatic N) is 2. The molecule has 2 aromatic rings. The minimum atomic E-state index is -0.688. The van der Waals surface area contributed by atoms with E-state index in [1.165, 1.54) is 24.3 Å². The average Bonchev–Trinajstić information content (AvgIpc) is 3.73. The molecular formula is C29H37F2N5O. The number of hydrogen-bond acceptors (Lipinski definition) is 6. The highest BCUT2D eigenvalue weighted by Gasteiger charge is 2.28. The minimum Gasteiger partial charge on any atom is -0.397 e. The molecule has 198 valence electrons. The van der Waals surface area contributed by atoms with Crippen LogP contribution >= 0.6 is 0 Å². The highest BCUT2D eigenvalue weighted by Crippen LogP contribution is 2.38. The number of halogens is 2. The summed E-state index contributed by atoms with van der Waals surface area (Å²) in [5.74, 6) is -1.38. The van der Waals surface area contributed by atoms with Crippen LogP contribution in [-0.2, 0) is 0 Å². The quantitative estimate of drug-likeness (QED) is 0.388. The van der Waals surface area contributed by atoms with Gasteiger partial charge in [-0.05, 0) is 68.2 Å². The number of pyridine rings is 1. The zero-order valence-corrected chi connectivity index (χ0v) is 21.8. The Hall–Kier alpha value is -3.49. The summed E-state index contributed by atoms with van der Waals surface area (Å²) in [6, 6.07) is 6.50. The molecule has 4 rings (SSSR count). The van der Waals surface area contributed by atoms with Gasteiger partial charge < -0.3 is 26.8 Å². The van der Waals surface area contributed by atoms with E-state index in [2.05, 4.69) is 21.8 Å². The molecule has 0 unspecified atom stereocenters. The van der Waals surface area contributed by atoms with Gasteiger partial charge in [0.15, 0.2) is 0 Å². The van der Waals surface area contributed by atoms with E-state index in [1.54, 1.807) is 12.1 Å². The number of aliphatic hydroxyl groups excluding tert-OH is 1. The lowest BCUT2D eigenvalue weighted by molar-refractivity contribution is 0.0772. The molecule has 37 heavy (non-hydrogen) atoms. The molecule has 2 aliphatic rings. The first kappa shape index (κ1) is 28.1. The van der Waals surface area contributed by atoms with Crippen LogP contribution in [-0.4, -0.2) is 40.2 Å². The molecule has 6 nitrogen and oxygen atoms in total. The third kappa shape index (κ3) is 6.45. The minimum absolute atomic E-state index is 0.166. The number of nitrogens with two attached hydrogens (primary N) is 2. The van der Waals surface area contributed by atoms with E-state index in [9.17, 15) is 13.9 Å².